The van der Waals surface area contributed by atoms with Gasteiger partial charge in [0.05, 0.1) is 17.8 Å². The first kappa shape index (κ1) is 12.8. The molecule has 9 aromatic rings. The number of hydrogen-bond donors (Lipinski definition) is 0. The Morgan fingerprint density at radius 1 is 0.375 bits per heavy atom. The zero-order chi connectivity index (χ0) is 37.5. The Bertz CT molecular complexity index is 3120. The highest BCUT2D eigenvalue weighted by Crippen LogP contribution is 2.46. The molecule has 0 amide bonds. The topological polar surface area (TPSA) is 0 Å². The highest BCUT2D eigenvalue weighted by molar-refractivity contribution is 6.30. The molecule has 0 aliphatic rings. The van der Waals surface area contributed by atoms with E-state index >= 15 is 0 Å². The van der Waals surface area contributed by atoms with E-state index in [2.05, 4.69) is 6.07 Å². The standard InChI is InChI=1S/C40H24/c1-2-8-25(9-3-1)31-19-15-27-17-22-34-35(23-18-28-16-21-33(31)38(27)39(28)34)40-32-13-7-5-11-29(32)24-37-30-12-6-4-10-26(30)14-20-36(37)40/h1-24H/i1D,2D,3D,8D,9D,15D,16D,17D,18D,19D,21D,22D,23D. The zero-order valence-electron chi connectivity index (χ0n) is 33.9. The van der Waals surface area contributed by atoms with Gasteiger partial charge in [-0.2, -0.15) is 0 Å². The molecule has 0 fully saturated rings. The highest BCUT2D eigenvalue weighted by atomic mass is 14.2. The van der Waals surface area contributed by atoms with Crippen molar-refractivity contribution in [3.8, 4) is 22.3 Å². The van der Waals surface area contributed by atoms with Crippen molar-refractivity contribution in [1.82, 2.24) is 0 Å². The molecule has 0 aliphatic heterocycles. The maximum atomic E-state index is 9.53. The zero-order valence-corrected chi connectivity index (χ0v) is 20.9. The summed E-state index contributed by atoms with van der Waals surface area (Å²) in [5.74, 6) is 0. The summed E-state index contributed by atoms with van der Waals surface area (Å²) < 4.78 is 117. The van der Waals surface area contributed by atoms with Gasteiger partial charge in [-0.05, 0) is 93.0 Å². The van der Waals surface area contributed by atoms with Crippen LogP contribution in [0.25, 0.3) is 86.9 Å². The summed E-state index contributed by atoms with van der Waals surface area (Å²) in [5.41, 5.74) is -0.0889. The van der Waals surface area contributed by atoms with Gasteiger partial charge in [0, 0.05) is 0 Å². The molecule has 40 heavy (non-hydrogen) atoms. The molecular formula is C40H24. The summed E-state index contributed by atoms with van der Waals surface area (Å²) in [6.45, 7) is 0. The summed E-state index contributed by atoms with van der Waals surface area (Å²) in [4.78, 5) is 0. The maximum Gasteiger partial charge on any atom is 0.0630 e. The van der Waals surface area contributed by atoms with Gasteiger partial charge in [-0.1, -0.05) is 139 Å². The Morgan fingerprint density at radius 2 is 1.00 bits per heavy atom. The lowest BCUT2D eigenvalue weighted by molar-refractivity contribution is 1.66. The van der Waals surface area contributed by atoms with Crippen LogP contribution in [-0.2, 0) is 0 Å². The van der Waals surface area contributed by atoms with Crippen LogP contribution in [0.3, 0.4) is 0 Å². The van der Waals surface area contributed by atoms with Gasteiger partial charge in [-0.3, -0.25) is 0 Å². The molecule has 0 saturated carbocycles. The lowest BCUT2D eigenvalue weighted by atomic mass is 9.84. The Labute approximate surface area is 250 Å². The van der Waals surface area contributed by atoms with Gasteiger partial charge >= 0.3 is 0 Å². The third kappa shape index (κ3) is 2.96. The monoisotopic (exact) mass is 517 g/mol. The van der Waals surface area contributed by atoms with Gasteiger partial charge in [0.25, 0.3) is 0 Å². The molecule has 0 aromatic heterocycles. The van der Waals surface area contributed by atoms with Crippen LogP contribution in [0.2, 0.25) is 0 Å². The van der Waals surface area contributed by atoms with Crippen molar-refractivity contribution in [3.05, 3.63) is 145 Å². The number of rotatable bonds is 2. The number of hydrogen-bond acceptors (Lipinski definition) is 0. The molecule has 0 nitrogen and oxygen atoms in total. The molecule has 0 atom stereocenters. The average Bonchev–Trinajstić information content (AvgIpc) is 3.16. The van der Waals surface area contributed by atoms with E-state index in [4.69, 9.17) is 9.60 Å². The van der Waals surface area contributed by atoms with E-state index in [0.29, 0.717) is 10.9 Å². The Morgan fingerprint density at radius 3 is 1.77 bits per heavy atom. The summed E-state index contributed by atoms with van der Waals surface area (Å²) in [6, 6.07) is 14.1. The molecule has 9 rings (SSSR count). The average molecular weight is 518 g/mol. The minimum absolute atomic E-state index is 0.00967. The van der Waals surface area contributed by atoms with Crippen molar-refractivity contribution in [3.63, 3.8) is 0 Å². The van der Waals surface area contributed by atoms with E-state index in [1.165, 1.54) is 0 Å². The minimum Gasteiger partial charge on any atom is -0.0622 e. The molecule has 0 aliphatic carbocycles. The first-order valence-corrected chi connectivity index (χ1v) is 12.9. The largest absolute Gasteiger partial charge is 0.0630 e. The van der Waals surface area contributed by atoms with E-state index in [9.17, 15) is 8.22 Å². The molecule has 0 saturated heterocycles. The van der Waals surface area contributed by atoms with E-state index in [1.807, 2.05) is 60.7 Å². The molecule has 184 valence electrons. The van der Waals surface area contributed by atoms with E-state index in [-0.39, 0.29) is 49.5 Å². The second kappa shape index (κ2) is 8.15. The molecule has 0 radical (unpaired) electrons. The first-order chi connectivity index (χ1) is 25.3. The highest BCUT2D eigenvalue weighted by Gasteiger charge is 2.18. The van der Waals surface area contributed by atoms with Gasteiger partial charge < -0.3 is 0 Å². The molecule has 0 heterocycles. The van der Waals surface area contributed by atoms with Crippen molar-refractivity contribution in [2.24, 2.45) is 0 Å². The van der Waals surface area contributed by atoms with Crippen molar-refractivity contribution in [2.75, 3.05) is 0 Å². The molecule has 0 N–H and O–H groups in total. The van der Waals surface area contributed by atoms with Gasteiger partial charge in [0.1, 0.15) is 0 Å². The van der Waals surface area contributed by atoms with Crippen LogP contribution in [0.15, 0.2) is 145 Å². The lowest BCUT2D eigenvalue weighted by Crippen LogP contribution is -1.91. The minimum atomic E-state index is -0.685. The predicted molar refractivity (Wildman–Crippen MR) is 174 cm³/mol. The van der Waals surface area contributed by atoms with Gasteiger partial charge in [-0.15, -0.1) is 0 Å². The lowest BCUT2D eigenvalue weighted by Gasteiger charge is -2.19. The number of fused-ring (bicyclic) bond motifs is 4. The first-order valence-electron chi connectivity index (χ1n) is 19.4. The third-order valence-corrected chi connectivity index (χ3v) is 7.77. The smallest absolute Gasteiger partial charge is 0.0622 e. The predicted octanol–water partition coefficient (Wildman–Crippen LogP) is 11.4. The van der Waals surface area contributed by atoms with E-state index in [0.717, 1.165) is 26.9 Å². The van der Waals surface area contributed by atoms with Crippen LogP contribution < -0.4 is 0 Å². The van der Waals surface area contributed by atoms with Crippen LogP contribution in [-0.4, -0.2) is 0 Å². The van der Waals surface area contributed by atoms with Crippen molar-refractivity contribution in [1.29, 1.82) is 0 Å². The normalized spacial score (nSPS) is 16.6. The van der Waals surface area contributed by atoms with Crippen LogP contribution in [0, 0.1) is 0 Å². The fourth-order valence-electron chi connectivity index (χ4n) is 6.03. The Hall–Kier alpha value is -5.20. The van der Waals surface area contributed by atoms with Crippen molar-refractivity contribution < 1.29 is 17.8 Å². The van der Waals surface area contributed by atoms with E-state index < -0.39 is 78.1 Å². The molecular weight excluding hydrogens is 480 g/mol. The van der Waals surface area contributed by atoms with Crippen LogP contribution in [0.4, 0.5) is 0 Å². The van der Waals surface area contributed by atoms with Gasteiger partial charge in [0.2, 0.25) is 0 Å². The van der Waals surface area contributed by atoms with Crippen LogP contribution >= 0.6 is 0 Å². The maximum absolute atomic E-state index is 9.53. The summed E-state index contributed by atoms with van der Waals surface area (Å²) >= 11 is 0. The SMILES string of the molecule is [2H]c1c([2H])c([2H])c(-c2c([2H])c([2H])c3c([2H])c([2H])c4c(-c5c6ccccc6cc6c5ccc5ccccc56)c([2H])c([2H])c5c([2H])c([2H])c2c3c54)c([2H])c1[2H]. The summed E-state index contributed by atoms with van der Waals surface area (Å²) in [5, 5.41) is 4.59. The fraction of sp³-hybridized carbons (Fsp3) is 0. The quantitative estimate of drug-likeness (QED) is 0.158. The Kier molecular flexibility index (Phi) is 2.60. The molecule has 0 bridgehead atoms. The van der Waals surface area contributed by atoms with Crippen LogP contribution in [0.1, 0.15) is 17.8 Å². The summed E-state index contributed by atoms with van der Waals surface area (Å²) in [7, 11) is 0. The van der Waals surface area contributed by atoms with Gasteiger partial charge in [0.15, 0.2) is 0 Å². The molecule has 9 aromatic carbocycles. The van der Waals surface area contributed by atoms with E-state index in [1.54, 1.807) is 0 Å². The van der Waals surface area contributed by atoms with Crippen LogP contribution in [0.5, 0.6) is 0 Å². The van der Waals surface area contributed by atoms with Crippen molar-refractivity contribution in [2.45, 2.75) is 0 Å². The molecule has 0 unspecified atom stereocenters. The third-order valence-electron chi connectivity index (χ3n) is 7.77. The second-order valence-electron chi connectivity index (χ2n) is 9.85. The fourth-order valence-corrected chi connectivity index (χ4v) is 6.03. The Balaban J connectivity index is 1.60. The molecule has 0 heteroatoms. The van der Waals surface area contributed by atoms with Crippen molar-refractivity contribution >= 4 is 64.6 Å². The second-order valence-corrected chi connectivity index (χ2v) is 9.85. The van der Waals surface area contributed by atoms with Gasteiger partial charge in [-0.25, -0.2) is 0 Å². The molecule has 0 spiro atoms. The summed E-state index contributed by atoms with van der Waals surface area (Å²) in [6.07, 6.45) is 0. The number of benzene rings is 9.